The van der Waals surface area contributed by atoms with Crippen molar-refractivity contribution in [2.75, 3.05) is 7.05 Å². The maximum absolute atomic E-state index is 4.57. The van der Waals surface area contributed by atoms with Crippen molar-refractivity contribution in [3.05, 3.63) is 51.3 Å². The first-order chi connectivity index (χ1) is 9.76. The van der Waals surface area contributed by atoms with E-state index >= 15 is 0 Å². The van der Waals surface area contributed by atoms with E-state index in [9.17, 15) is 0 Å². The van der Waals surface area contributed by atoms with Crippen molar-refractivity contribution in [1.82, 2.24) is 10.3 Å². The Morgan fingerprint density at radius 1 is 1.15 bits per heavy atom. The standard InChI is InChI=1S/C16H18N2S2/c1-11-18-14(10-19-11)8-13(17-2)7-12-9-20-16-6-4-3-5-15(12)16/h3-6,9-10,13,17H,7-8H2,1-2H3. The van der Waals surface area contributed by atoms with E-state index in [2.05, 4.69) is 52.3 Å². The highest BCUT2D eigenvalue weighted by atomic mass is 32.1. The minimum atomic E-state index is 0.439. The number of hydrogen-bond donors (Lipinski definition) is 1. The summed E-state index contributed by atoms with van der Waals surface area (Å²) in [5, 5.41) is 10.4. The SMILES string of the molecule is CNC(Cc1csc(C)n1)Cc1csc2ccccc12. The number of thiazole rings is 1. The molecule has 0 aliphatic heterocycles. The molecule has 0 spiro atoms. The number of fused-ring (bicyclic) bond motifs is 1. The summed E-state index contributed by atoms with van der Waals surface area (Å²) >= 11 is 3.57. The molecule has 1 N–H and O–H groups in total. The molecule has 0 aliphatic carbocycles. The maximum atomic E-state index is 4.57. The molecule has 0 bridgehead atoms. The molecule has 0 aliphatic rings. The van der Waals surface area contributed by atoms with E-state index in [4.69, 9.17) is 0 Å². The van der Waals surface area contributed by atoms with E-state index in [-0.39, 0.29) is 0 Å². The van der Waals surface area contributed by atoms with Crippen LogP contribution in [0.4, 0.5) is 0 Å². The topological polar surface area (TPSA) is 24.9 Å². The molecule has 0 amide bonds. The van der Waals surface area contributed by atoms with Gasteiger partial charge < -0.3 is 5.32 Å². The third-order valence-corrected chi connectivity index (χ3v) is 5.39. The maximum Gasteiger partial charge on any atom is 0.0897 e. The van der Waals surface area contributed by atoms with E-state index in [0.29, 0.717) is 6.04 Å². The summed E-state index contributed by atoms with van der Waals surface area (Å²) < 4.78 is 1.38. The summed E-state index contributed by atoms with van der Waals surface area (Å²) in [5.74, 6) is 0. The molecule has 3 aromatic rings. The molecule has 0 saturated carbocycles. The van der Waals surface area contributed by atoms with Gasteiger partial charge in [0.25, 0.3) is 0 Å². The Morgan fingerprint density at radius 2 is 2.00 bits per heavy atom. The molecular weight excluding hydrogens is 284 g/mol. The lowest BCUT2D eigenvalue weighted by atomic mass is 10.0. The lowest BCUT2D eigenvalue weighted by molar-refractivity contribution is 0.553. The number of nitrogens with zero attached hydrogens (tertiary/aromatic N) is 1. The van der Waals surface area contributed by atoms with Crippen LogP contribution in [0, 0.1) is 6.92 Å². The van der Waals surface area contributed by atoms with Crippen LogP contribution in [0.1, 0.15) is 16.3 Å². The quantitative estimate of drug-likeness (QED) is 0.769. The molecule has 0 radical (unpaired) electrons. The molecule has 1 aromatic carbocycles. The second-order valence-corrected chi connectivity index (χ2v) is 6.98. The second kappa shape index (κ2) is 6.04. The summed E-state index contributed by atoms with van der Waals surface area (Å²) in [6.07, 6.45) is 2.04. The molecule has 2 heterocycles. The Labute approximate surface area is 127 Å². The zero-order valence-corrected chi connectivity index (χ0v) is 13.4. The van der Waals surface area contributed by atoms with Gasteiger partial charge in [-0.05, 0) is 42.8 Å². The van der Waals surface area contributed by atoms with Gasteiger partial charge in [-0.15, -0.1) is 22.7 Å². The first-order valence-corrected chi connectivity index (χ1v) is 8.55. The molecule has 4 heteroatoms. The van der Waals surface area contributed by atoms with Crippen molar-refractivity contribution in [3.8, 4) is 0 Å². The summed E-state index contributed by atoms with van der Waals surface area (Å²) in [6, 6.07) is 9.09. The second-order valence-electron chi connectivity index (χ2n) is 5.01. The van der Waals surface area contributed by atoms with E-state index in [1.165, 1.54) is 21.3 Å². The van der Waals surface area contributed by atoms with Crippen molar-refractivity contribution in [1.29, 1.82) is 0 Å². The van der Waals surface area contributed by atoms with Crippen LogP contribution >= 0.6 is 22.7 Å². The highest BCUT2D eigenvalue weighted by Gasteiger charge is 2.13. The molecule has 2 nitrogen and oxygen atoms in total. The van der Waals surface area contributed by atoms with Crippen LogP contribution in [0.25, 0.3) is 10.1 Å². The Bertz CT molecular complexity index is 699. The smallest absolute Gasteiger partial charge is 0.0897 e. The Kier molecular flexibility index (Phi) is 4.15. The monoisotopic (exact) mass is 302 g/mol. The largest absolute Gasteiger partial charge is 0.316 e. The molecule has 2 aromatic heterocycles. The van der Waals surface area contributed by atoms with Crippen LogP contribution in [0.5, 0.6) is 0 Å². The van der Waals surface area contributed by atoms with E-state index in [1.54, 1.807) is 11.3 Å². The third-order valence-electron chi connectivity index (χ3n) is 3.56. The van der Waals surface area contributed by atoms with E-state index in [0.717, 1.165) is 17.8 Å². The average Bonchev–Trinajstić information content (AvgIpc) is 3.05. The van der Waals surface area contributed by atoms with Crippen molar-refractivity contribution in [2.24, 2.45) is 0 Å². The molecule has 1 unspecified atom stereocenters. The first kappa shape index (κ1) is 13.7. The van der Waals surface area contributed by atoms with Gasteiger partial charge in [0, 0.05) is 22.5 Å². The van der Waals surface area contributed by atoms with Crippen LogP contribution in [-0.2, 0) is 12.8 Å². The fourth-order valence-corrected chi connectivity index (χ4v) is 4.09. The molecule has 0 fully saturated rings. The Hall–Kier alpha value is -1.23. The molecular formula is C16H18N2S2. The summed E-state index contributed by atoms with van der Waals surface area (Å²) in [4.78, 5) is 4.57. The number of nitrogens with one attached hydrogen (secondary N) is 1. The zero-order chi connectivity index (χ0) is 13.9. The zero-order valence-electron chi connectivity index (χ0n) is 11.7. The van der Waals surface area contributed by atoms with Gasteiger partial charge in [0.05, 0.1) is 10.7 Å². The van der Waals surface area contributed by atoms with Crippen LogP contribution in [-0.4, -0.2) is 18.1 Å². The number of likely N-dealkylation sites (N-methyl/N-ethyl adjacent to an activating group) is 1. The van der Waals surface area contributed by atoms with Crippen LogP contribution in [0.15, 0.2) is 35.0 Å². The van der Waals surface area contributed by atoms with Gasteiger partial charge in [-0.3, -0.25) is 0 Å². The van der Waals surface area contributed by atoms with Gasteiger partial charge in [0.15, 0.2) is 0 Å². The van der Waals surface area contributed by atoms with Gasteiger partial charge >= 0.3 is 0 Å². The third kappa shape index (κ3) is 2.92. The lowest BCUT2D eigenvalue weighted by Gasteiger charge is -2.14. The summed E-state index contributed by atoms with van der Waals surface area (Å²) in [6.45, 7) is 2.06. The van der Waals surface area contributed by atoms with Gasteiger partial charge in [-0.1, -0.05) is 18.2 Å². The highest BCUT2D eigenvalue weighted by Crippen LogP contribution is 2.27. The summed E-state index contributed by atoms with van der Waals surface area (Å²) in [5.41, 5.74) is 2.64. The predicted molar refractivity (Wildman–Crippen MR) is 88.9 cm³/mol. The fourth-order valence-electron chi connectivity index (χ4n) is 2.49. The number of thiophene rings is 1. The fraction of sp³-hybridized carbons (Fsp3) is 0.312. The van der Waals surface area contributed by atoms with Crippen LogP contribution in [0.2, 0.25) is 0 Å². The van der Waals surface area contributed by atoms with E-state index < -0.39 is 0 Å². The van der Waals surface area contributed by atoms with Crippen molar-refractivity contribution < 1.29 is 0 Å². The molecule has 0 saturated heterocycles. The number of benzene rings is 1. The molecule has 20 heavy (non-hydrogen) atoms. The highest BCUT2D eigenvalue weighted by molar-refractivity contribution is 7.17. The summed E-state index contributed by atoms with van der Waals surface area (Å²) in [7, 11) is 2.04. The Morgan fingerprint density at radius 3 is 2.75 bits per heavy atom. The number of hydrogen-bond acceptors (Lipinski definition) is 4. The molecule has 104 valence electrons. The molecule has 1 atom stereocenters. The lowest BCUT2D eigenvalue weighted by Crippen LogP contribution is -2.29. The minimum Gasteiger partial charge on any atom is -0.316 e. The van der Waals surface area contributed by atoms with Gasteiger partial charge in [-0.2, -0.15) is 0 Å². The van der Waals surface area contributed by atoms with Crippen LogP contribution in [0.3, 0.4) is 0 Å². The minimum absolute atomic E-state index is 0.439. The van der Waals surface area contributed by atoms with Gasteiger partial charge in [0.1, 0.15) is 0 Å². The van der Waals surface area contributed by atoms with Crippen molar-refractivity contribution in [3.63, 3.8) is 0 Å². The first-order valence-electron chi connectivity index (χ1n) is 6.79. The molecule has 3 rings (SSSR count). The Balaban J connectivity index is 1.77. The van der Waals surface area contributed by atoms with Crippen LogP contribution < -0.4 is 5.32 Å². The average molecular weight is 302 g/mol. The number of aromatic nitrogens is 1. The van der Waals surface area contributed by atoms with Gasteiger partial charge in [0.2, 0.25) is 0 Å². The number of aryl methyl sites for hydroxylation is 1. The van der Waals surface area contributed by atoms with Crippen molar-refractivity contribution in [2.45, 2.75) is 25.8 Å². The predicted octanol–water partition coefficient (Wildman–Crippen LogP) is 4.04. The van der Waals surface area contributed by atoms with Crippen molar-refractivity contribution >= 4 is 32.8 Å². The van der Waals surface area contributed by atoms with E-state index in [1.807, 2.05) is 18.4 Å². The normalized spacial score (nSPS) is 12.9. The van der Waals surface area contributed by atoms with Gasteiger partial charge in [-0.25, -0.2) is 4.98 Å². The number of rotatable bonds is 5.